The first kappa shape index (κ1) is 21.1. The molecule has 0 amide bonds. The number of rotatable bonds is 5. The molecule has 6 rings (SSSR count). The number of H-pyrrole nitrogens is 2. The van der Waals surface area contributed by atoms with E-state index in [1.807, 2.05) is 38.6 Å². The van der Waals surface area contributed by atoms with Crippen molar-refractivity contribution >= 4 is 21.9 Å². The number of hydrogen-bond acceptors (Lipinski definition) is 6. The average molecular weight is 465 g/mol. The molecule has 0 fully saturated rings. The van der Waals surface area contributed by atoms with Gasteiger partial charge in [-0.2, -0.15) is 5.10 Å². The molecular weight excluding hydrogens is 443 g/mol. The second-order valence-electron chi connectivity index (χ2n) is 8.69. The van der Waals surface area contributed by atoms with Crippen molar-refractivity contribution < 1.29 is 4.39 Å². The topological polar surface area (TPSA) is 99.3 Å². The predicted octanol–water partition coefficient (Wildman–Crippen LogP) is 4.83. The van der Waals surface area contributed by atoms with Crippen LogP contribution in [0.3, 0.4) is 0 Å². The smallest absolute Gasteiger partial charge is 0.159 e. The summed E-state index contributed by atoms with van der Waals surface area (Å²) in [5, 5.41) is 8.43. The number of benzene rings is 1. The summed E-state index contributed by atoms with van der Waals surface area (Å²) in [6, 6.07) is 10.5. The summed E-state index contributed by atoms with van der Waals surface area (Å²) in [4.78, 5) is 23.6. The second kappa shape index (κ2) is 8.37. The summed E-state index contributed by atoms with van der Waals surface area (Å²) in [7, 11) is 4.05. The van der Waals surface area contributed by atoms with Crippen LogP contribution in [0, 0.1) is 5.82 Å². The molecule has 0 spiro atoms. The predicted molar refractivity (Wildman–Crippen MR) is 133 cm³/mol. The fourth-order valence-electron chi connectivity index (χ4n) is 4.25. The average Bonchev–Trinajstić information content (AvgIpc) is 3.47. The van der Waals surface area contributed by atoms with E-state index in [9.17, 15) is 4.39 Å². The normalized spacial score (nSPS) is 11.7. The molecule has 2 N–H and O–H groups in total. The highest BCUT2D eigenvalue weighted by Crippen LogP contribution is 2.32. The van der Waals surface area contributed by atoms with Crippen molar-refractivity contribution in [1.29, 1.82) is 0 Å². The van der Waals surface area contributed by atoms with Gasteiger partial charge in [-0.15, -0.1) is 0 Å². The monoisotopic (exact) mass is 464 g/mol. The maximum atomic E-state index is 13.8. The zero-order chi connectivity index (χ0) is 23.9. The van der Waals surface area contributed by atoms with Gasteiger partial charge in [0.15, 0.2) is 5.82 Å². The summed E-state index contributed by atoms with van der Waals surface area (Å²) in [6.07, 6.45) is 8.84. The quantitative estimate of drug-likeness (QED) is 0.379. The molecule has 0 aliphatic heterocycles. The maximum Gasteiger partial charge on any atom is 0.159 e. The number of hydrogen-bond donors (Lipinski definition) is 2. The molecule has 0 aliphatic carbocycles. The maximum absolute atomic E-state index is 13.8. The lowest BCUT2D eigenvalue weighted by Crippen LogP contribution is -2.10. The summed E-state index contributed by atoms with van der Waals surface area (Å²) in [5.74, 6) is 0.284. The minimum Gasteiger partial charge on any atom is -0.335 e. The van der Waals surface area contributed by atoms with E-state index < -0.39 is 0 Å². The van der Waals surface area contributed by atoms with Gasteiger partial charge < -0.3 is 9.88 Å². The van der Waals surface area contributed by atoms with E-state index in [1.165, 1.54) is 12.1 Å². The van der Waals surface area contributed by atoms with Gasteiger partial charge in [0.1, 0.15) is 11.5 Å². The largest absolute Gasteiger partial charge is 0.335 e. The fraction of sp³-hybridized carbons (Fsp3) is 0.115. The molecule has 172 valence electrons. The van der Waals surface area contributed by atoms with Crippen LogP contribution in [-0.4, -0.2) is 54.1 Å². The third kappa shape index (κ3) is 3.91. The molecule has 1 aromatic carbocycles. The molecule has 0 atom stereocenters. The van der Waals surface area contributed by atoms with Crippen LogP contribution < -0.4 is 0 Å². The molecular formula is C26H21FN8. The van der Waals surface area contributed by atoms with Gasteiger partial charge in [-0.25, -0.2) is 9.37 Å². The number of nitrogens with zero attached hydrogens (tertiary/aromatic N) is 6. The molecule has 0 radical (unpaired) electrons. The zero-order valence-corrected chi connectivity index (χ0v) is 19.1. The third-order valence-electron chi connectivity index (χ3n) is 5.79. The van der Waals surface area contributed by atoms with Crippen molar-refractivity contribution in [2.45, 2.75) is 6.54 Å². The van der Waals surface area contributed by atoms with Gasteiger partial charge in [-0.3, -0.25) is 20.1 Å². The van der Waals surface area contributed by atoms with E-state index in [0.29, 0.717) is 22.6 Å². The van der Waals surface area contributed by atoms with Crippen LogP contribution >= 0.6 is 0 Å². The van der Waals surface area contributed by atoms with E-state index in [0.717, 1.165) is 45.3 Å². The Labute approximate surface area is 199 Å². The molecule has 35 heavy (non-hydrogen) atoms. The first-order chi connectivity index (χ1) is 17.0. The van der Waals surface area contributed by atoms with Gasteiger partial charge in [0.2, 0.25) is 0 Å². The van der Waals surface area contributed by atoms with E-state index in [-0.39, 0.29) is 5.82 Å². The van der Waals surface area contributed by atoms with Crippen LogP contribution in [0.1, 0.15) is 5.56 Å². The van der Waals surface area contributed by atoms with Gasteiger partial charge in [-0.05, 0) is 49.5 Å². The van der Waals surface area contributed by atoms with Gasteiger partial charge in [-0.1, -0.05) is 12.1 Å². The molecule has 0 bridgehead atoms. The molecule has 6 aromatic rings. The van der Waals surface area contributed by atoms with Crippen LogP contribution in [0.15, 0.2) is 67.4 Å². The SMILES string of the molecule is CN(C)Cc1cncc(-c2cc3c(-c4nc5c(-c6cccc(F)c6)cncc5[nH]4)n[nH]c3cn2)c1. The van der Waals surface area contributed by atoms with Crippen LogP contribution in [0.2, 0.25) is 0 Å². The Morgan fingerprint density at radius 2 is 1.80 bits per heavy atom. The molecule has 0 saturated heterocycles. The summed E-state index contributed by atoms with van der Waals surface area (Å²) >= 11 is 0. The third-order valence-corrected chi connectivity index (χ3v) is 5.79. The standard InChI is InChI=1S/C26H21FN8/c1-35(2)14-15-6-17(10-28-9-15)21-8-19-22(13-30-21)33-34-25(19)26-31-23-12-29-11-20(24(23)32-26)16-4-3-5-18(27)7-16/h3-13H,14H2,1-2H3,(H,31,32)(H,33,34). The number of aromatic amines is 2. The summed E-state index contributed by atoms with van der Waals surface area (Å²) in [5.41, 5.74) is 7.20. The van der Waals surface area contributed by atoms with Crippen molar-refractivity contribution in [1.82, 2.24) is 40.0 Å². The van der Waals surface area contributed by atoms with Gasteiger partial charge >= 0.3 is 0 Å². The van der Waals surface area contributed by atoms with Crippen LogP contribution in [0.25, 0.3) is 55.8 Å². The molecule has 8 nitrogen and oxygen atoms in total. The van der Waals surface area contributed by atoms with Crippen molar-refractivity contribution in [2.24, 2.45) is 0 Å². The van der Waals surface area contributed by atoms with E-state index in [1.54, 1.807) is 24.7 Å². The lowest BCUT2D eigenvalue weighted by molar-refractivity contribution is 0.402. The summed E-state index contributed by atoms with van der Waals surface area (Å²) in [6.45, 7) is 0.792. The number of halogens is 1. The van der Waals surface area contributed by atoms with Gasteiger partial charge in [0, 0.05) is 41.6 Å². The van der Waals surface area contributed by atoms with Gasteiger partial charge in [0.05, 0.1) is 34.6 Å². The summed E-state index contributed by atoms with van der Waals surface area (Å²) < 4.78 is 13.8. The fourth-order valence-corrected chi connectivity index (χ4v) is 4.25. The van der Waals surface area contributed by atoms with Crippen molar-refractivity contribution in [2.75, 3.05) is 14.1 Å². The van der Waals surface area contributed by atoms with Crippen molar-refractivity contribution in [3.05, 3.63) is 78.8 Å². The molecule has 0 aliphatic rings. The first-order valence-corrected chi connectivity index (χ1v) is 11.1. The highest BCUT2D eigenvalue weighted by Gasteiger charge is 2.17. The molecule has 5 aromatic heterocycles. The molecule has 0 unspecified atom stereocenters. The number of imidazole rings is 1. The van der Waals surface area contributed by atoms with Crippen molar-refractivity contribution in [3.63, 3.8) is 0 Å². The lowest BCUT2D eigenvalue weighted by atomic mass is 10.1. The van der Waals surface area contributed by atoms with Gasteiger partial charge in [0.25, 0.3) is 0 Å². The molecule has 5 heterocycles. The Bertz CT molecular complexity index is 1680. The highest BCUT2D eigenvalue weighted by atomic mass is 19.1. The van der Waals surface area contributed by atoms with E-state index in [4.69, 9.17) is 4.98 Å². The second-order valence-corrected chi connectivity index (χ2v) is 8.69. The number of pyridine rings is 3. The molecule has 0 saturated carbocycles. The Morgan fingerprint density at radius 1 is 0.914 bits per heavy atom. The number of fused-ring (bicyclic) bond motifs is 2. The Hall–Kier alpha value is -4.50. The van der Waals surface area contributed by atoms with Crippen LogP contribution in [0.5, 0.6) is 0 Å². The Balaban J connectivity index is 1.45. The van der Waals surface area contributed by atoms with Crippen LogP contribution in [0.4, 0.5) is 4.39 Å². The Morgan fingerprint density at radius 3 is 2.66 bits per heavy atom. The van der Waals surface area contributed by atoms with Crippen molar-refractivity contribution in [3.8, 4) is 33.9 Å². The lowest BCUT2D eigenvalue weighted by Gasteiger charge is -2.10. The first-order valence-electron chi connectivity index (χ1n) is 11.1. The van der Waals surface area contributed by atoms with E-state index in [2.05, 4.69) is 41.1 Å². The van der Waals surface area contributed by atoms with E-state index >= 15 is 0 Å². The zero-order valence-electron chi connectivity index (χ0n) is 19.1. The Kier molecular flexibility index (Phi) is 5.04. The van der Waals surface area contributed by atoms with Crippen LogP contribution in [-0.2, 0) is 6.54 Å². The minimum absolute atomic E-state index is 0.308. The number of nitrogens with one attached hydrogen (secondary N) is 2. The minimum atomic E-state index is -0.308. The highest BCUT2D eigenvalue weighted by molar-refractivity contribution is 5.97. The number of aromatic nitrogens is 7. The molecule has 9 heteroatoms.